The highest BCUT2D eigenvalue weighted by atomic mass is 19.1. The van der Waals surface area contributed by atoms with Crippen LogP contribution in [0.5, 0.6) is 0 Å². The van der Waals surface area contributed by atoms with Gasteiger partial charge in [-0.25, -0.2) is 18.6 Å². The molecule has 0 aliphatic carbocycles. The van der Waals surface area contributed by atoms with Gasteiger partial charge in [-0.1, -0.05) is 0 Å². The number of aromatic carboxylic acids is 1. The van der Waals surface area contributed by atoms with E-state index in [1.807, 2.05) is 0 Å². The van der Waals surface area contributed by atoms with Crippen LogP contribution in [0.3, 0.4) is 0 Å². The molecule has 0 bridgehead atoms. The fraction of sp³-hybridized carbons (Fsp3) is 0. The lowest BCUT2D eigenvalue weighted by Crippen LogP contribution is -2.05. The summed E-state index contributed by atoms with van der Waals surface area (Å²) in [7, 11) is 0. The van der Waals surface area contributed by atoms with Crippen LogP contribution in [-0.2, 0) is 0 Å². The highest BCUT2D eigenvalue weighted by Gasteiger charge is 2.11. The minimum absolute atomic E-state index is 0.00220. The summed E-state index contributed by atoms with van der Waals surface area (Å²) in [6.07, 6.45) is 1.15. The average molecular weight is 265 g/mol. The second-order valence-electron chi connectivity index (χ2n) is 3.71. The van der Waals surface area contributed by atoms with Gasteiger partial charge in [-0.2, -0.15) is 0 Å². The predicted octanol–water partition coefficient (Wildman–Crippen LogP) is 2.38. The summed E-state index contributed by atoms with van der Waals surface area (Å²) in [6, 6.07) is 4.13. The molecule has 0 saturated carbocycles. The normalized spacial score (nSPS) is 10.2. The van der Waals surface area contributed by atoms with Crippen molar-refractivity contribution in [2.75, 3.05) is 11.1 Å². The number of carbonyl (C=O) groups is 1. The molecule has 0 atom stereocenters. The Bertz CT molecular complexity index is 647. The van der Waals surface area contributed by atoms with Crippen LogP contribution in [0.25, 0.3) is 0 Å². The zero-order valence-electron chi connectivity index (χ0n) is 9.52. The van der Waals surface area contributed by atoms with Crippen LogP contribution in [0.1, 0.15) is 10.4 Å². The van der Waals surface area contributed by atoms with Crippen LogP contribution in [0.2, 0.25) is 0 Å². The molecule has 0 amide bonds. The van der Waals surface area contributed by atoms with Crippen LogP contribution < -0.4 is 11.1 Å². The molecule has 2 aromatic rings. The lowest BCUT2D eigenvalue weighted by molar-refractivity contribution is 0.0698. The van der Waals surface area contributed by atoms with Gasteiger partial charge in [0.25, 0.3) is 0 Å². The van der Waals surface area contributed by atoms with E-state index in [0.717, 1.165) is 12.3 Å². The van der Waals surface area contributed by atoms with Gasteiger partial charge in [-0.05, 0) is 18.2 Å². The summed E-state index contributed by atoms with van der Waals surface area (Å²) in [5.41, 5.74) is 5.27. The molecule has 0 fully saturated rings. The monoisotopic (exact) mass is 265 g/mol. The average Bonchev–Trinajstić information content (AvgIpc) is 2.34. The summed E-state index contributed by atoms with van der Waals surface area (Å²) in [4.78, 5) is 14.7. The summed E-state index contributed by atoms with van der Waals surface area (Å²) in [5.74, 6) is -2.64. The van der Waals surface area contributed by atoms with Crippen molar-refractivity contribution in [1.82, 2.24) is 4.98 Å². The van der Waals surface area contributed by atoms with Gasteiger partial charge in [-0.3, -0.25) is 0 Å². The fourth-order valence-corrected chi connectivity index (χ4v) is 1.45. The number of nitrogens with two attached hydrogens (primary N) is 1. The van der Waals surface area contributed by atoms with Crippen LogP contribution in [0, 0.1) is 11.6 Å². The molecule has 0 spiro atoms. The minimum atomic E-state index is -1.22. The van der Waals surface area contributed by atoms with Gasteiger partial charge >= 0.3 is 5.97 Å². The molecule has 0 saturated heterocycles. The zero-order chi connectivity index (χ0) is 14.0. The molecule has 98 valence electrons. The summed E-state index contributed by atoms with van der Waals surface area (Å²) in [6.45, 7) is 0. The number of halogens is 2. The number of hydrogen-bond donors (Lipinski definition) is 3. The first-order valence-electron chi connectivity index (χ1n) is 5.18. The number of nitrogens with one attached hydrogen (secondary N) is 1. The van der Waals surface area contributed by atoms with Crippen molar-refractivity contribution in [3.63, 3.8) is 0 Å². The largest absolute Gasteiger partial charge is 0.478 e. The van der Waals surface area contributed by atoms with Crippen LogP contribution in [0.15, 0.2) is 30.5 Å². The molecule has 2 rings (SSSR count). The number of carboxylic acids is 1. The standard InChI is InChI=1S/C12H9F2N3O2/c13-6-1-2-10(8(14)3-6)17-11-4-7(12(18)19)9(15)5-16-11/h1-5H,15H2,(H,16,17)(H,18,19). The number of aromatic nitrogens is 1. The molecule has 1 aromatic carbocycles. The second-order valence-corrected chi connectivity index (χ2v) is 3.71. The van der Waals surface area contributed by atoms with Crippen molar-refractivity contribution in [1.29, 1.82) is 0 Å². The molecule has 0 aliphatic rings. The third-order valence-corrected chi connectivity index (χ3v) is 2.36. The summed E-state index contributed by atoms with van der Waals surface area (Å²) >= 11 is 0. The Morgan fingerprint density at radius 2 is 2.05 bits per heavy atom. The Morgan fingerprint density at radius 3 is 2.68 bits per heavy atom. The lowest BCUT2D eigenvalue weighted by Gasteiger charge is -2.08. The number of rotatable bonds is 3. The van der Waals surface area contributed by atoms with Crippen LogP contribution in [-0.4, -0.2) is 16.1 Å². The van der Waals surface area contributed by atoms with Crippen molar-refractivity contribution >= 4 is 23.2 Å². The molecule has 19 heavy (non-hydrogen) atoms. The topological polar surface area (TPSA) is 88.2 Å². The van der Waals surface area contributed by atoms with E-state index in [0.29, 0.717) is 6.07 Å². The van der Waals surface area contributed by atoms with Crippen molar-refractivity contribution in [3.05, 3.63) is 47.7 Å². The number of hydrogen-bond acceptors (Lipinski definition) is 4. The Kier molecular flexibility index (Phi) is 3.28. The molecule has 0 aliphatic heterocycles. The number of benzene rings is 1. The maximum Gasteiger partial charge on any atom is 0.337 e. The van der Waals surface area contributed by atoms with E-state index in [4.69, 9.17) is 10.8 Å². The smallest absolute Gasteiger partial charge is 0.337 e. The Morgan fingerprint density at radius 1 is 1.32 bits per heavy atom. The Labute approximate surface area is 106 Å². The van der Waals surface area contributed by atoms with Gasteiger partial charge in [0.05, 0.1) is 23.1 Å². The third kappa shape index (κ3) is 2.76. The molecule has 7 heteroatoms. The van der Waals surface area contributed by atoms with E-state index in [1.165, 1.54) is 12.1 Å². The number of pyridine rings is 1. The van der Waals surface area contributed by atoms with Gasteiger partial charge in [0.2, 0.25) is 0 Å². The lowest BCUT2D eigenvalue weighted by atomic mass is 10.2. The van der Waals surface area contributed by atoms with E-state index in [-0.39, 0.29) is 22.8 Å². The quantitative estimate of drug-likeness (QED) is 0.793. The van der Waals surface area contributed by atoms with Gasteiger partial charge in [0, 0.05) is 6.07 Å². The van der Waals surface area contributed by atoms with Gasteiger partial charge in [0.1, 0.15) is 17.5 Å². The van der Waals surface area contributed by atoms with Gasteiger partial charge in [-0.15, -0.1) is 0 Å². The molecule has 1 aromatic heterocycles. The fourth-order valence-electron chi connectivity index (χ4n) is 1.45. The first-order valence-corrected chi connectivity index (χ1v) is 5.18. The summed E-state index contributed by atoms with van der Waals surface area (Å²) in [5, 5.41) is 11.4. The second kappa shape index (κ2) is 4.89. The Balaban J connectivity index is 2.33. The SMILES string of the molecule is Nc1cnc(Nc2ccc(F)cc2F)cc1C(=O)O. The van der Waals surface area contributed by atoms with Gasteiger partial charge < -0.3 is 16.2 Å². The molecule has 4 N–H and O–H groups in total. The highest BCUT2D eigenvalue weighted by molar-refractivity contribution is 5.94. The number of carboxylic acid groups (broad SMARTS) is 1. The van der Waals surface area contributed by atoms with E-state index in [1.54, 1.807) is 0 Å². The summed E-state index contributed by atoms with van der Waals surface area (Å²) < 4.78 is 26.1. The molecular formula is C12H9F2N3O2. The molecule has 5 nitrogen and oxygen atoms in total. The van der Waals surface area contributed by atoms with Crippen molar-refractivity contribution in [2.45, 2.75) is 0 Å². The van der Waals surface area contributed by atoms with Crippen LogP contribution in [0.4, 0.5) is 26.0 Å². The number of anilines is 3. The minimum Gasteiger partial charge on any atom is -0.478 e. The van der Waals surface area contributed by atoms with E-state index >= 15 is 0 Å². The van der Waals surface area contributed by atoms with Crippen LogP contribution >= 0.6 is 0 Å². The van der Waals surface area contributed by atoms with E-state index in [9.17, 15) is 13.6 Å². The first kappa shape index (κ1) is 12.7. The number of nitrogen functional groups attached to an aromatic ring is 1. The maximum absolute atomic E-state index is 13.4. The van der Waals surface area contributed by atoms with Crippen molar-refractivity contribution in [3.8, 4) is 0 Å². The molecule has 1 heterocycles. The highest BCUT2D eigenvalue weighted by Crippen LogP contribution is 2.21. The molecule has 0 radical (unpaired) electrons. The first-order chi connectivity index (χ1) is 8.97. The third-order valence-electron chi connectivity index (χ3n) is 2.36. The van der Waals surface area contributed by atoms with E-state index in [2.05, 4.69) is 10.3 Å². The maximum atomic E-state index is 13.4. The van der Waals surface area contributed by atoms with Crippen molar-refractivity contribution in [2.24, 2.45) is 0 Å². The number of nitrogens with zero attached hydrogens (tertiary/aromatic N) is 1. The van der Waals surface area contributed by atoms with E-state index < -0.39 is 17.6 Å². The predicted molar refractivity (Wildman–Crippen MR) is 65.2 cm³/mol. The molecular weight excluding hydrogens is 256 g/mol. The Hall–Kier alpha value is -2.70. The van der Waals surface area contributed by atoms with Gasteiger partial charge in [0.15, 0.2) is 0 Å². The molecule has 0 unspecified atom stereocenters. The zero-order valence-corrected chi connectivity index (χ0v) is 9.52. The van der Waals surface area contributed by atoms with Crippen molar-refractivity contribution < 1.29 is 18.7 Å².